The molecule has 0 aliphatic rings. The molecule has 1 aromatic carbocycles. The summed E-state index contributed by atoms with van der Waals surface area (Å²) < 4.78 is 0. The average Bonchev–Trinajstić information content (AvgIpc) is 2.88. The molecule has 8 heteroatoms. The van der Waals surface area contributed by atoms with E-state index in [1.165, 1.54) is 18.7 Å². The van der Waals surface area contributed by atoms with E-state index in [1.807, 2.05) is 24.3 Å². The number of hydrogen-bond acceptors (Lipinski definition) is 6. The first-order valence-corrected chi connectivity index (χ1v) is 6.95. The van der Waals surface area contributed by atoms with Gasteiger partial charge in [-0.2, -0.15) is 10.1 Å². The van der Waals surface area contributed by atoms with Gasteiger partial charge in [-0.15, -0.1) is 0 Å². The number of benzene rings is 1. The number of carbonyl (C=O) groups excluding carboxylic acids is 1. The van der Waals surface area contributed by atoms with Crippen LogP contribution in [-0.4, -0.2) is 26.1 Å². The van der Waals surface area contributed by atoms with E-state index in [2.05, 4.69) is 25.5 Å². The fourth-order valence-electron chi connectivity index (χ4n) is 1.82. The Bertz CT molecular complexity index is 798. The van der Waals surface area contributed by atoms with Crippen molar-refractivity contribution in [1.82, 2.24) is 20.2 Å². The van der Waals surface area contributed by atoms with Crippen LogP contribution >= 0.6 is 11.8 Å². The average molecular weight is 300 g/mol. The zero-order chi connectivity index (χ0) is 14.8. The van der Waals surface area contributed by atoms with Crippen molar-refractivity contribution in [3.05, 3.63) is 30.5 Å². The van der Waals surface area contributed by atoms with Crippen molar-refractivity contribution in [2.75, 3.05) is 11.1 Å². The molecule has 0 bridgehead atoms. The summed E-state index contributed by atoms with van der Waals surface area (Å²) in [5.41, 5.74) is 7.05. The van der Waals surface area contributed by atoms with Gasteiger partial charge in [-0.1, -0.05) is 11.8 Å². The van der Waals surface area contributed by atoms with Gasteiger partial charge < -0.3 is 11.1 Å². The Morgan fingerprint density at radius 1 is 1.29 bits per heavy atom. The van der Waals surface area contributed by atoms with Gasteiger partial charge in [0.15, 0.2) is 5.65 Å². The maximum Gasteiger partial charge on any atom is 0.223 e. The number of aromatic nitrogens is 4. The number of nitrogen functional groups attached to an aromatic ring is 1. The lowest BCUT2D eigenvalue weighted by atomic mass is 10.3. The van der Waals surface area contributed by atoms with Gasteiger partial charge in [0, 0.05) is 17.5 Å². The van der Waals surface area contributed by atoms with Crippen LogP contribution in [0.1, 0.15) is 6.92 Å². The van der Waals surface area contributed by atoms with Gasteiger partial charge >= 0.3 is 0 Å². The van der Waals surface area contributed by atoms with Crippen molar-refractivity contribution >= 4 is 40.3 Å². The Labute approximate surface area is 124 Å². The van der Waals surface area contributed by atoms with E-state index >= 15 is 0 Å². The summed E-state index contributed by atoms with van der Waals surface area (Å²) in [5, 5.41) is 11.0. The minimum atomic E-state index is -0.0981. The SMILES string of the molecule is CC(=O)Nc1ccc(Sc2nc(N)nc3[nH]ncc23)cc1. The van der Waals surface area contributed by atoms with Gasteiger partial charge in [-0.05, 0) is 24.3 Å². The van der Waals surface area contributed by atoms with E-state index in [9.17, 15) is 4.79 Å². The highest BCUT2D eigenvalue weighted by Crippen LogP contribution is 2.31. The molecule has 21 heavy (non-hydrogen) atoms. The molecule has 3 rings (SSSR count). The number of aromatic amines is 1. The molecule has 0 fully saturated rings. The molecule has 106 valence electrons. The van der Waals surface area contributed by atoms with Crippen LogP contribution in [0.2, 0.25) is 0 Å². The third kappa shape index (κ3) is 2.95. The highest BCUT2D eigenvalue weighted by atomic mass is 32.2. The monoisotopic (exact) mass is 300 g/mol. The third-order valence-corrected chi connectivity index (χ3v) is 3.69. The van der Waals surface area contributed by atoms with E-state index in [0.29, 0.717) is 5.65 Å². The van der Waals surface area contributed by atoms with E-state index in [4.69, 9.17) is 5.73 Å². The summed E-state index contributed by atoms with van der Waals surface area (Å²) in [4.78, 5) is 20.3. The molecule has 2 heterocycles. The Kier molecular flexibility index (Phi) is 3.44. The van der Waals surface area contributed by atoms with Gasteiger partial charge in [-0.25, -0.2) is 4.98 Å². The van der Waals surface area contributed by atoms with Crippen LogP contribution in [0.25, 0.3) is 11.0 Å². The summed E-state index contributed by atoms with van der Waals surface area (Å²) in [6.45, 7) is 1.47. The standard InChI is InChI=1S/C13H12N6OS/c1-7(20)16-8-2-4-9(5-3-8)21-12-10-6-15-19-11(10)17-13(14)18-12/h2-6H,1H3,(H,16,20)(H3,14,15,17,18,19). The van der Waals surface area contributed by atoms with Crippen LogP contribution in [0, 0.1) is 0 Å². The number of rotatable bonds is 3. The second kappa shape index (κ2) is 5.41. The third-order valence-electron chi connectivity index (χ3n) is 2.68. The highest BCUT2D eigenvalue weighted by molar-refractivity contribution is 7.99. The highest BCUT2D eigenvalue weighted by Gasteiger charge is 2.09. The Morgan fingerprint density at radius 3 is 2.76 bits per heavy atom. The van der Waals surface area contributed by atoms with Gasteiger partial charge in [0.05, 0.1) is 11.6 Å². The number of hydrogen-bond donors (Lipinski definition) is 3. The van der Waals surface area contributed by atoms with Crippen molar-refractivity contribution in [3.63, 3.8) is 0 Å². The summed E-state index contributed by atoms with van der Waals surface area (Å²) in [5.74, 6) is 0.100. The number of amides is 1. The second-order valence-corrected chi connectivity index (χ2v) is 5.39. The summed E-state index contributed by atoms with van der Waals surface area (Å²) in [6.07, 6.45) is 1.67. The Hall–Kier alpha value is -2.61. The van der Waals surface area contributed by atoms with Crippen molar-refractivity contribution in [2.24, 2.45) is 0 Å². The lowest BCUT2D eigenvalue weighted by Gasteiger charge is -2.05. The predicted molar refractivity (Wildman–Crippen MR) is 81.0 cm³/mol. The summed E-state index contributed by atoms with van der Waals surface area (Å²) in [6, 6.07) is 7.47. The smallest absolute Gasteiger partial charge is 0.223 e. The number of fused-ring (bicyclic) bond motifs is 1. The molecule has 3 aromatic rings. The largest absolute Gasteiger partial charge is 0.368 e. The molecule has 0 spiro atoms. The Morgan fingerprint density at radius 2 is 2.05 bits per heavy atom. The molecule has 0 aliphatic heterocycles. The molecular formula is C13H12N6OS. The fraction of sp³-hybridized carbons (Fsp3) is 0.0769. The van der Waals surface area contributed by atoms with Crippen molar-refractivity contribution in [2.45, 2.75) is 16.8 Å². The van der Waals surface area contributed by atoms with Crippen LogP contribution < -0.4 is 11.1 Å². The minimum Gasteiger partial charge on any atom is -0.368 e. The van der Waals surface area contributed by atoms with E-state index < -0.39 is 0 Å². The zero-order valence-electron chi connectivity index (χ0n) is 11.1. The first-order chi connectivity index (χ1) is 10.1. The lowest BCUT2D eigenvalue weighted by Crippen LogP contribution is -2.05. The molecule has 0 atom stereocenters. The molecule has 4 N–H and O–H groups in total. The molecular weight excluding hydrogens is 288 g/mol. The number of nitrogens with one attached hydrogen (secondary N) is 2. The van der Waals surface area contributed by atoms with E-state index in [0.717, 1.165) is 21.0 Å². The molecule has 2 aromatic heterocycles. The van der Waals surface area contributed by atoms with Crippen LogP contribution in [0.5, 0.6) is 0 Å². The maximum atomic E-state index is 11.0. The lowest BCUT2D eigenvalue weighted by molar-refractivity contribution is -0.114. The van der Waals surface area contributed by atoms with Gasteiger partial charge in [0.2, 0.25) is 11.9 Å². The van der Waals surface area contributed by atoms with Gasteiger partial charge in [-0.3, -0.25) is 9.89 Å². The topological polar surface area (TPSA) is 110 Å². The number of anilines is 2. The summed E-state index contributed by atoms with van der Waals surface area (Å²) >= 11 is 1.46. The van der Waals surface area contributed by atoms with Crippen LogP contribution in [0.4, 0.5) is 11.6 Å². The number of H-pyrrole nitrogens is 1. The van der Waals surface area contributed by atoms with Crippen LogP contribution in [0.3, 0.4) is 0 Å². The Balaban J connectivity index is 1.88. The van der Waals surface area contributed by atoms with Gasteiger partial charge in [0.25, 0.3) is 0 Å². The van der Waals surface area contributed by atoms with Crippen LogP contribution in [-0.2, 0) is 4.79 Å². The molecule has 1 amide bonds. The second-order valence-electron chi connectivity index (χ2n) is 4.33. The van der Waals surface area contributed by atoms with Crippen molar-refractivity contribution < 1.29 is 4.79 Å². The molecule has 0 unspecified atom stereocenters. The van der Waals surface area contributed by atoms with Crippen molar-refractivity contribution in [3.8, 4) is 0 Å². The summed E-state index contributed by atoms with van der Waals surface area (Å²) in [7, 11) is 0. The molecule has 0 aliphatic carbocycles. The predicted octanol–water partition coefficient (Wildman–Crippen LogP) is 2.04. The maximum absolute atomic E-state index is 11.0. The zero-order valence-corrected chi connectivity index (χ0v) is 11.9. The first kappa shape index (κ1) is 13.4. The number of carbonyl (C=O) groups is 1. The van der Waals surface area contributed by atoms with Gasteiger partial charge in [0.1, 0.15) is 5.03 Å². The first-order valence-electron chi connectivity index (χ1n) is 6.14. The van der Waals surface area contributed by atoms with E-state index in [1.54, 1.807) is 6.20 Å². The molecule has 7 nitrogen and oxygen atoms in total. The molecule has 0 saturated carbocycles. The molecule has 0 radical (unpaired) electrons. The number of nitrogens with zero attached hydrogens (tertiary/aromatic N) is 3. The van der Waals surface area contributed by atoms with Crippen molar-refractivity contribution in [1.29, 1.82) is 0 Å². The number of nitrogens with two attached hydrogens (primary N) is 1. The fourth-order valence-corrected chi connectivity index (χ4v) is 2.72. The molecule has 0 saturated heterocycles. The van der Waals surface area contributed by atoms with E-state index in [-0.39, 0.29) is 11.9 Å². The minimum absolute atomic E-state index is 0.0981. The van der Waals surface area contributed by atoms with Crippen LogP contribution in [0.15, 0.2) is 40.4 Å². The normalized spacial score (nSPS) is 10.7. The quantitative estimate of drug-likeness (QED) is 0.639.